The van der Waals surface area contributed by atoms with Gasteiger partial charge in [0.1, 0.15) is 0 Å². The molecule has 4 nitrogen and oxygen atoms in total. The number of rotatable bonds is 9. The Balaban J connectivity index is 1.76. The minimum atomic E-state index is -0.794. The van der Waals surface area contributed by atoms with Gasteiger partial charge in [-0.05, 0) is 60.3 Å². The third-order valence-electron chi connectivity index (χ3n) is 4.55. The van der Waals surface area contributed by atoms with Crippen LogP contribution in [0.4, 0.5) is 0 Å². The standard InChI is InChI=1S/C21H19Cl2NO3S3/c1-12(17-9-13(11-29-17)15-10-14(22)6-7-16(15)23)19-20(27)24(21(28)30-19)8-4-2-3-5-18(25)26/h6-7,9-11,27H,1-5,8H2,(H,25,26). The molecule has 9 heteroatoms. The van der Waals surface area contributed by atoms with Crippen LogP contribution in [0.2, 0.25) is 10.0 Å². The number of unbranched alkanes of at least 4 members (excludes halogenated alkanes) is 2. The number of aromatic nitrogens is 1. The highest BCUT2D eigenvalue weighted by atomic mass is 35.5. The second-order valence-electron chi connectivity index (χ2n) is 6.68. The lowest BCUT2D eigenvalue weighted by Gasteiger charge is -2.06. The van der Waals surface area contributed by atoms with Crippen molar-refractivity contribution in [1.82, 2.24) is 4.57 Å². The monoisotopic (exact) mass is 499 g/mol. The van der Waals surface area contributed by atoms with E-state index in [0.717, 1.165) is 28.8 Å². The van der Waals surface area contributed by atoms with Gasteiger partial charge in [0, 0.05) is 39.0 Å². The number of halogens is 2. The van der Waals surface area contributed by atoms with E-state index in [1.807, 2.05) is 17.5 Å². The molecule has 158 valence electrons. The molecule has 0 saturated heterocycles. The van der Waals surface area contributed by atoms with E-state index in [2.05, 4.69) is 6.58 Å². The average molecular weight is 500 g/mol. The molecule has 0 bridgehead atoms. The van der Waals surface area contributed by atoms with Crippen LogP contribution >= 0.6 is 58.1 Å². The molecule has 0 unspecified atom stereocenters. The zero-order chi connectivity index (χ0) is 21.8. The van der Waals surface area contributed by atoms with Crippen LogP contribution in [-0.4, -0.2) is 20.7 Å². The van der Waals surface area contributed by atoms with Crippen LogP contribution in [0.15, 0.2) is 36.2 Å². The van der Waals surface area contributed by atoms with Crippen LogP contribution in [0.25, 0.3) is 16.7 Å². The first-order valence-corrected chi connectivity index (χ1v) is 12.0. The minimum absolute atomic E-state index is 0.101. The van der Waals surface area contributed by atoms with Crippen molar-refractivity contribution in [3.05, 3.63) is 60.0 Å². The maximum Gasteiger partial charge on any atom is 0.303 e. The largest absolute Gasteiger partial charge is 0.493 e. The number of benzene rings is 1. The highest BCUT2D eigenvalue weighted by molar-refractivity contribution is 7.73. The van der Waals surface area contributed by atoms with Crippen LogP contribution in [0.5, 0.6) is 5.88 Å². The summed E-state index contributed by atoms with van der Waals surface area (Å²) in [6.07, 6.45) is 2.26. The number of thiophene rings is 1. The molecule has 2 heterocycles. The highest BCUT2D eigenvalue weighted by Crippen LogP contribution is 2.40. The number of thiazole rings is 1. The molecule has 2 N–H and O–H groups in total. The number of aromatic hydroxyl groups is 1. The Hall–Kier alpha value is -1.64. The molecule has 0 aliphatic carbocycles. The summed E-state index contributed by atoms with van der Waals surface area (Å²) < 4.78 is 2.25. The van der Waals surface area contributed by atoms with E-state index in [4.69, 9.17) is 40.5 Å². The third kappa shape index (κ3) is 5.34. The minimum Gasteiger partial charge on any atom is -0.493 e. The summed E-state index contributed by atoms with van der Waals surface area (Å²) in [5, 5.41) is 22.6. The quantitative estimate of drug-likeness (QED) is 0.233. The second kappa shape index (κ2) is 10.1. The fourth-order valence-corrected chi connectivity index (χ4v) is 5.66. The van der Waals surface area contributed by atoms with Gasteiger partial charge in [-0.3, -0.25) is 9.36 Å². The first kappa shape index (κ1) is 23.0. The summed E-state index contributed by atoms with van der Waals surface area (Å²) in [5.41, 5.74) is 2.47. The third-order valence-corrected chi connectivity index (χ3v) is 7.60. The normalized spacial score (nSPS) is 11.0. The number of nitrogens with zero attached hydrogens (tertiary/aromatic N) is 1. The van der Waals surface area contributed by atoms with Crippen molar-refractivity contribution in [2.45, 2.75) is 32.2 Å². The number of carboxylic acids is 1. The van der Waals surface area contributed by atoms with Gasteiger partial charge in [0.25, 0.3) is 0 Å². The number of aliphatic carboxylic acids is 1. The molecule has 3 aromatic rings. The van der Waals surface area contributed by atoms with Gasteiger partial charge in [-0.1, -0.05) is 36.2 Å². The molecule has 2 aromatic heterocycles. The van der Waals surface area contributed by atoms with Crippen molar-refractivity contribution in [2.24, 2.45) is 0 Å². The zero-order valence-corrected chi connectivity index (χ0v) is 19.8. The van der Waals surface area contributed by atoms with Crippen LogP contribution < -0.4 is 0 Å². The molecule has 0 aliphatic rings. The molecule has 3 rings (SSSR count). The van der Waals surface area contributed by atoms with Crippen molar-refractivity contribution < 1.29 is 15.0 Å². The lowest BCUT2D eigenvalue weighted by molar-refractivity contribution is -0.137. The molecule has 0 radical (unpaired) electrons. The summed E-state index contributed by atoms with van der Waals surface area (Å²) in [6.45, 7) is 4.71. The highest BCUT2D eigenvalue weighted by Gasteiger charge is 2.18. The number of carbonyl (C=O) groups is 1. The van der Waals surface area contributed by atoms with Gasteiger partial charge in [-0.15, -0.1) is 22.7 Å². The predicted molar refractivity (Wildman–Crippen MR) is 129 cm³/mol. The van der Waals surface area contributed by atoms with Crippen molar-refractivity contribution in [3.8, 4) is 17.0 Å². The van der Waals surface area contributed by atoms with Gasteiger partial charge in [0.05, 0.1) is 4.88 Å². The summed E-state index contributed by atoms with van der Waals surface area (Å²) in [7, 11) is 0. The van der Waals surface area contributed by atoms with Gasteiger partial charge < -0.3 is 10.2 Å². The first-order valence-electron chi connectivity index (χ1n) is 9.16. The maximum absolute atomic E-state index is 10.7. The molecular formula is C21H19Cl2NO3S3. The van der Waals surface area contributed by atoms with Gasteiger partial charge in [0.2, 0.25) is 5.88 Å². The molecule has 0 atom stereocenters. The molecular weight excluding hydrogens is 481 g/mol. The average Bonchev–Trinajstić information content (AvgIpc) is 3.29. The summed E-state index contributed by atoms with van der Waals surface area (Å²) in [4.78, 5) is 12.1. The summed E-state index contributed by atoms with van der Waals surface area (Å²) in [5.74, 6) is -0.693. The summed E-state index contributed by atoms with van der Waals surface area (Å²) >= 11 is 20.7. The molecule has 30 heavy (non-hydrogen) atoms. The van der Waals surface area contributed by atoms with Gasteiger partial charge >= 0.3 is 5.97 Å². The Labute approximate surface area is 197 Å². The predicted octanol–water partition coefficient (Wildman–Crippen LogP) is 7.73. The van der Waals surface area contributed by atoms with Crippen LogP contribution in [0.1, 0.15) is 35.4 Å². The summed E-state index contributed by atoms with van der Waals surface area (Å²) in [6, 6.07) is 7.30. The van der Waals surface area contributed by atoms with Gasteiger partial charge in [0.15, 0.2) is 3.95 Å². The fourth-order valence-electron chi connectivity index (χ4n) is 2.98. The SMILES string of the molecule is C=C(c1cc(-c2cc(Cl)ccc2Cl)cs1)c1sc(=S)n(CCCCCC(=O)O)c1O. The number of hydrogen-bond donors (Lipinski definition) is 2. The van der Waals surface area contributed by atoms with Crippen molar-refractivity contribution in [3.63, 3.8) is 0 Å². The lowest BCUT2D eigenvalue weighted by Crippen LogP contribution is -1.99. The van der Waals surface area contributed by atoms with Crippen molar-refractivity contribution in [2.75, 3.05) is 0 Å². The Kier molecular flexibility index (Phi) is 7.76. The van der Waals surface area contributed by atoms with Gasteiger partial charge in [-0.2, -0.15) is 0 Å². The molecule has 0 saturated carbocycles. The van der Waals surface area contributed by atoms with Crippen molar-refractivity contribution in [1.29, 1.82) is 0 Å². The Morgan fingerprint density at radius 1 is 1.20 bits per heavy atom. The van der Waals surface area contributed by atoms with E-state index in [1.54, 1.807) is 16.7 Å². The van der Waals surface area contributed by atoms with E-state index < -0.39 is 5.97 Å². The van der Waals surface area contributed by atoms with E-state index >= 15 is 0 Å². The molecule has 0 fully saturated rings. The Bertz CT molecular complexity index is 1150. The van der Waals surface area contributed by atoms with E-state index in [1.165, 1.54) is 22.7 Å². The van der Waals surface area contributed by atoms with Crippen molar-refractivity contribution >= 4 is 69.6 Å². The number of hydrogen-bond acceptors (Lipinski definition) is 5. The van der Waals surface area contributed by atoms with Gasteiger partial charge in [-0.25, -0.2) is 0 Å². The smallest absolute Gasteiger partial charge is 0.303 e. The van der Waals surface area contributed by atoms with Crippen LogP contribution in [0, 0.1) is 3.95 Å². The Morgan fingerprint density at radius 3 is 2.70 bits per heavy atom. The first-order chi connectivity index (χ1) is 14.3. The molecule has 0 aliphatic heterocycles. The van der Waals surface area contributed by atoms with E-state index in [0.29, 0.717) is 37.4 Å². The number of carboxylic acid groups (broad SMARTS) is 1. The van der Waals surface area contributed by atoms with E-state index in [9.17, 15) is 9.90 Å². The second-order valence-corrected chi connectivity index (χ2v) is 10.1. The Morgan fingerprint density at radius 2 is 1.97 bits per heavy atom. The fraction of sp³-hybridized carbons (Fsp3) is 0.238. The molecule has 0 spiro atoms. The van der Waals surface area contributed by atoms with Crippen LogP contribution in [0.3, 0.4) is 0 Å². The van der Waals surface area contributed by atoms with Crippen LogP contribution in [-0.2, 0) is 11.3 Å². The maximum atomic E-state index is 10.7. The molecule has 1 aromatic carbocycles. The topological polar surface area (TPSA) is 62.5 Å². The van der Waals surface area contributed by atoms with E-state index in [-0.39, 0.29) is 12.3 Å². The lowest BCUT2D eigenvalue weighted by atomic mass is 10.1. The molecule has 0 amide bonds. The zero-order valence-electron chi connectivity index (χ0n) is 15.9.